The first-order valence-electron chi connectivity index (χ1n) is 8.00. The molecule has 24 heavy (non-hydrogen) atoms. The zero-order valence-electron chi connectivity index (χ0n) is 14.9. The molecule has 0 aromatic heterocycles. The van der Waals surface area contributed by atoms with Crippen LogP contribution in [0.4, 0.5) is 11.4 Å². The summed E-state index contributed by atoms with van der Waals surface area (Å²) >= 11 is 0. The van der Waals surface area contributed by atoms with E-state index in [1.807, 2.05) is 64.1 Å². The second-order valence-corrected chi connectivity index (χ2v) is 6.26. The van der Waals surface area contributed by atoms with Crippen molar-refractivity contribution in [2.24, 2.45) is 0 Å². The maximum atomic E-state index is 12.4. The van der Waals surface area contributed by atoms with E-state index in [2.05, 4.69) is 5.32 Å². The summed E-state index contributed by atoms with van der Waals surface area (Å²) in [6.07, 6.45) is 0. The Hall–Kier alpha value is -2.62. The van der Waals surface area contributed by atoms with Crippen molar-refractivity contribution in [1.82, 2.24) is 0 Å². The van der Waals surface area contributed by atoms with Crippen molar-refractivity contribution < 1.29 is 9.59 Å². The average Bonchev–Trinajstić information content (AvgIpc) is 2.49. The molecule has 0 saturated carbocycles. The highest BCUT2D eigenvalue weighted by Crippen LogP contribution is 2.22. The van der Waals surface area contributed by atoms with E-state index in [1.165, 1.54) is 11.8 Å². The SMILES string of the molecule is CC(=O)N(CC(=O)Nc1cc(C)ccc1C)c1ccc(C)cc1C. The number of aryl methyl sites for hydroxylation is 4. The third kappa shape index (κ3) is 4.22. The quantitative estimate of drug-likeness (QED) is 0.927. The largest absolute Gasteiger partial charge is 0.324 e. The minimum atomic E-state index is -0.209. The Kier molecular flexibility index (Phi) is 5.39. The molecular formula is C20H24N2O2. The summed E-state index contributed by atoms with van der Waals surface area (Å²) in [5.74, 6) is -0.364. The van der Waals surface area contributed by atoms with Gasteiger partial charge in [0, 0.05) is 18.3 Å². The number of anilines is 2. The molecule has 0 atom stereocenters. The summed E-state index contributed by atoms with van der Waals surface area (Å²) in [5.41, 5.74) is 5.72. The number of benzene rings is 2. The van der Waals surface area contributed by atoms with E-state index in [4.69, 9.17) is 0 Å². The number of hydrogen-bond acceptors (Lipinski definition) is 2. The van der Waals surface area contributed by atoms with Crippen molar-refractivity contribution >= 4 is 23.2 Å². The molecule has 1 N–H and O–H groups in total. The van der Waals surface area contributed by atoms with Crippen molar-refractivity contribution in [3.63, 3.8) is 0 Å². The number of carbonyl (C=O) groups is 2. The molecule has 2 rings (SSSR count). The molecule has 0 aliphatic heterocycles. The molecule has 0 heterocycles. The van der Waals surface area contributed by atoms with Crippen LogP contribution in [0.2, 0.25) is 0 Å². The van der Waals surface area contributed by atoms with Gasteiger partial charge < -0.3 is 10.2 Å². The zero-order chi connectivity index (χ0) is 17.9. The van der Waals surface area contributed by atoms with Gasteiger partial charge in [-0.1, -0.05) is 29.8 Å². The molecule has 0 radical (unpaired) electrons. The molecule has 0 unspecified atom stereocenters. The number of nitrogens with zero attached hydrogens (tertiary/aromatic N) is 1. The van der Waals surface area contributed by atoms with Gasteiger partial charge in [0.15, 0.2) is 0 Å². The second kappa shape index (κ2) is 7.30. The fraction of sp³-hybridized carbons (Fsp3) is 0.300. The molecule has 126 valence electrons. The van der Waals surface area contributed by atoms with Gasteiger partial charge >= 0.3 is 0 Å². The zero-order valence-corrected chi connectivity index (χ0v) is 14.9. The third-order valence-electron chi connectivity index (χ3n) is 3.99. The van der Waals surface area contributed by atoms with E-state index >= 15 is 0 Å². The molecule has 0 spiro atoms. The summed E-state index contributed by atoms with van der Waals surface area (Å²) in [5, 5.41) is 2.90. The number of rotatable bonds is 4. The van der Waals surface area contributed by atoms with E-state index in [0.29, 0.717) is 0 Å². The summed E-state index contributed by atoms with van der Waals surface area (Å²) in [4.78, 5) is 26.0. The molecule has 0 bridgehead atoms. The van der Waals surface area contributed by atoms with Crippen molar-refractivity contribution in [2.45, 2.75) is 34.6 Å². The van der Waals surface area contributed by atoms with Gasteiger partial charge in [0.1, 0.15) is 6.54 Å². The molecule has 0 aliphatic rings. The fourth-order valence-corrected chi connectivity index (χ4v) is 2.68. The lowest BCUT2D eigenvalue weighted by molar-refractivity contribution is -0.120. The highest BCUT2D eigenvalue weighted by Gasteiger charge is 2.18. The van der Waals surface area contributed by atoms with Gasteiger partial charge in [0.25, 0.3) is 0 Å². The lowest BCUT2D eigenvalue weighted by Crippen LogP contribution is -2.37. The molecular weight excluding hydrogens is 300 g/mol. The van der Waals surface area contributed by atoms with Crippen molar-refractivity contribution in [2.75, 3.05) is 16.8 Å². The molecule has 4 nitrogen and oxygen atoms in total. The van der Waals surface area contributed by atoms with Crippen LogP contribution >= 0.6 is 0 Å². The van der Waals surface area contributed by atoms with Gasteiger partial charge in [-0.2, -0.15) is 0 Å². The minimum absolute atomic E-state index is 0.00733. The monoisotopic (exact) mass is 324 g/mol. The standard InChI is InChI=1S/C20H24N2O2/c1-13-7-9-19(16(4)10-13)22(17(5)23)12-20(24)21-18-11-14(2)6-8-15(18)3/h6-11H,12H2,1-5H3,(H,21,24). The van der Waals surface area contributed by atoms with Gasteiger partial charge in [-0.05, 0) is 56.5 Å². The van der Waals surface area contributed by atoms with Crippen LogP contribution in [-0.2, 0) is 9.59 Å². The maximum absolute atomic E-state index is 12.4. The highest BCUT2D eigenvalue weighted by molar-refractivity contribution is 6.02. The van der Waals surface area contributed by atoms with Crippen LogP contribution in [0.15, 0.2) is 36.4 Å². The van der Waals surface area contributed by atoms with Gasteiger partial charge in [-0.15, -0.1) is 0 Å². The van der Waals surface area contributed by atoms with Crippen molar-refractivity contribution in [3.05, 3.63) is 58.7 Å². The van der Waals surface area contributed by atoms with Crippen molar-refractivity contribution in [1.29, 1.82) is 0 Å². The molecule has 2 aromatic carbocycles. The van der Waals surface area contributed by atoms with Crippen LogP contribution in [-0.4, -0.2) is 18.4 Å². The fourth-order valence-electron chi connectivity index (χ4n) is 2.68. The van der Waals surface area contributed by atoms with Crippen LogP contribution in [0.5, 0.6) is 0 Å². The van der Waals surface area contributed by atoms with Gasteiger partial charge in [-0.25, -0.2) is 0 Å². The lowest BCUT2D eigenvalue weighted by atomic mass is 10.1. The van der Waals surface area contributed by atoms with Gasteiger partial charge in [0.05, 0.1) is 0 Å². The Morgan fingerprint density at radius 3 is 2.17 bits per heavy atom. The van der Waals surface area contributed by atoms with E-state index < -0.39 is 0 Å². The maximum Gasteiger partial charge on any atom is 0.244 e. The summed E-state index contributed by atoms with van der Waals surface area (Å²) in [7, 11) is 0. The second-order valence-electron chi connectivity index (χ2n) is 6.26. The van der Waals surface area contributed by atoms with Crippen LogP contribution in [0.1, 0.15) is 29.2 Å². The van der Waals surface area contributed by atoms with Crippen molar-refractivity contribution in [3.8, 4) is 0 Å². The first-order valence-corrected chi connectivity index (χ1v) is 8.00. The van der Waals surface area contributed by atoms with E-state index in [-0.39, 0.29) is 18.4 Å². The van der Waals surface area contributed by atoms with E-state index in [0.717, 1.165) is 33.6 Å². The topological polar surface area (TPSA) is 49.4 Å². The Bertz CT molecular complexity index is 781. The van der Waals surface area contributed by atoms with Gasteiger partial charge in [-0.3, -0.25) is 9.59 Å². The van der Waals surface area contributed by atoms with E-state index in [1.54, 1.807) is 0 Å². The molecule has 2 amide bonds. The molecule has 0 fully saturated rings. The Morgan fingerprint density at radius 1 is 0.917 bits per heavy atom. The number of amides is 2. The third-order valence-corrected chi connectivity index (χ3v) is 3.99. The van der Waals surface area contributed by atoms with Crippen LogP contribution in [0.3, 0.4) is 0 Å². The number of carbonyl (C=O) groups excluding carboxylic acids is 2. The minimum Gasteiger partial charge on any atom is -0.324 e. The number of hydrogen-bond donors (Lipinski definition) is 1. The lowest BCUT2D eigenvalue weighted by Gasteiger charge is -2.23. The summed E-state index contributed by atoms with van der Waals surface area (Å²) in [6.45, 7) is 9.34. The first kappa shape index (κ1) is 17.7. The number of nitrogens with one attached hydrogen (secondary N) is 1. The van der Waals surface area contributed by atoms with Crippen LogP contribution < -0.4 is 10.2 Å². The Balaban J connectivity index is 2.20. The smallest absolute Gasteiger partial charge is 0.244 e. The van der Waals surface area contributed by atoms with Crippen LogP contribution in [0, 0.1) is 27.7 Å². The first-order chi connectivity index (χ1) is 11.3. The Labute approximate surface area is 143 Å². The predicted molar refractivity (Wildman–Crippen MR) is 98.5 cm³/mol. The highest BCUT2D eigenvalue weighted by atomic mass is 16.2. The molecule has 0 aliphatic carbocycles. The Morgan fingerprint density at radius 2 is 1.54 bits per heavy atom. The summed E-state index contributed by atoms with van der Waals surface area (Å²) < 4.78 is 0. The normalized spacial score (nSPS) is 10.4. The van der Waals surface area contributed by atoms with Gasteiger partial charge in [0.2, 0.25) is 11.8 Å². The van der Waals surface area contributed by atoms with E-state index in [9.17, 15) is 9.59 Å². The van der Waals surface area contributed by atoms with Crippen LogP contribution in [0.25, 0.3) is 0 Å². The summed E-state index contributed by atoms with van der Waals surface area (Å²) in [6, 6.07) is 11.7. The average molecular weight is 324 g/mol. The molecule has 0 saturated heterocycles. The predicted octanol–water partition coefficient (Wildman–Crippen LogP) is 3.91. The molecule has 4 heteroatoms. The molecule has 2 aromatic rings.